The summed E-state index contributed by atoms with van der Waals surface area (Å²) in [7, 11) is 1.62. The Kier molecular flexibility index (Phi) is 5.81. The van der Waals surface area contributed by atoms with Gasteiger partial charge in [0, 0.05) is 24.1 Å². The van der Waals surface area contributed by atoms with Crippen molar-refractivity contribution in [1.82, 2.24) is 14.8 Å². The zero-order chi connectivity index (χ0) is 22.2. The number of carbonyl (C=O) groups excluding carboxylic acids is 3. The Hall–Kier alpha value is -3.00. The van der Waals surface area contributed by atoms with E-state index in [1.807, 2.05) is 25.3 Å². The number of ketones is 1. The molecule has 8 heteroatoms. The molecule has 2 aromatic rings. The number of Topliss-reactive ketones (excluding diaryl/α,β-unsaturated/α-hetero) is 1. The van der Waals surface area contributed by atoms with Gasteiger partial charge in [-0.25, -0.2) is 9.18 Å². The van der Waals surface area contributed by atoms with Crippen molar-refractivity contribution in [2.24, 2.45) is 0 Å². The minimum absolute atomic E-state index is 0.0371. The highest BCUT2D eigenvalue weighted by Gasteiger charge is 2.49. The summed E-state index contributed by atoms with van der Waals surface area (Å²) >= 11 is 0. The Morgan fingerprint density at radius 1 is 1.23 bits per heavy atom. The largest absolute Gasteiger partial charge is 0.383 e. The van der Waals surface area contributed by atoms with Gasteiger partial charge in [0.2, 0.25) is 0 Å². The molecule has 1 saturated heterocycles. The van der Waals surface area contributed by atoms with Crippen molar-refractivity contribution in [2.75, 3.05) is 20.3 Å². The van der Waals surface area contributed by atoms with Gasteiger partial charge in [0.05, 0.1) is 19.2 Å². The molecular formula is C22H26FN3O4. The molecule has 0 radical (unpaired) electrons. The van der Waals surface area contributed by atoms with Crippen molar-refractivity contribution >= 4 is 17.7 Å². The topological polar surface area (TPSA) is 80.6 Å². The van der Waals surface area contributed by atoms with Gasteiger partial charge in [0.1, 0.15) is 11.4 Å². The molecule has 2 atom stereocenters. The number of hydrogen-bond donors (Lipinski definition) is 1. The predicted molar refractivity (Wildman–Crippen MR) is 109 cm³/mol. The summed E-state index contributed by atoms with van der Waals surface area (Å²) in [6.07, 6.45) is 0. The van der Waals surface area contributed by atoms with E-state index in [0.29, 0.717) is 17.7 Å². The average molecular weight is 415 g/mol. The number of nitrogens with one attached hydrogen (secondary N) is 1. The van der Waals surface area contributed by atoms with E-state index < -0.39 is 23.3 Å². The number of nitrogens with zero attached hydrogens (tertiary/aromatic N) is 2. The molecule has 1 aliphatic rings. The van der Waals surface area contributed by atoms with Crippen molar-refractivity contribution in [1.29, 1.82) is 0 Å². The summed E-state index contributed by atoms with van der Waals surface area (Å²) in [5.41, 5.74) is 1.22. The van der Waals surface area contributed by atoms with Gasteiger partial charge in [-0.2, -0.15) is 0 Å². The Balaban J connectivity index is 1.84. The number of hydrogen-bond acceptors (Lipinski definition) is 4. The molecular weight excluding hydrogens is 389 g/mol. The predicted octanol–water partition coefficient (Wildman–Crippen LogP) is 3.10. The van der Waals surface area contributed by atoms with Crippen LogP contribution in [-0.2, 0) is 15.1 Å². The molecule has 2 unspecified atom stereocenters. The minimum atomic E-state index is -1.35. The van der Waals surface area contributed by atoms with Crippen molar-refractivity contribution in [2.45, 2.75) is 39.3 Å². The van der Waals surface area contributed by atoms with Crippen molar-refractivity contribution < 1.29 is 23.5 Å². The number of aromatic nitrogens is 1. The molecule has 30 heavy (non-hydrogen) atoms. The first kappa shape index (κ1) is 21.7. The second kappa shape index (κ2) is 8.02. The number of methoxy groups -OCH3 is 1. The number of rotatable bonds is 7. The number of aryl methyl sites for hydroxylation is 1. The second-order valence-electron chi connectivity index (χ2n) is 7.84. The highest BCUT2D eigenvalue weighted by atomic mass is 19.1. The average Bonchev–Trinajstić information content (AvgIpc) is 3.10. The summed E-state index contributed by atoms with van der Waals surface area (Å²) in [4.78, 5) is 39.4. The van der Waals surface area contributed by atoms with Crippen molar-refractivity contribution in [3.8, 4) is 0 Å². The zero-order valence-corrected chi connectivity index (χ0v) is 17.8. The Labute approximate surface area is 174 Å². The van der Waals surface area contributed by atoms with E-state index in [-0.39, 0.29) is 18.4 Å². The first-order valence-electron chi connectivity index (χ1n) is 9.71. The number of carbonyl (C=O) groups is 3. The summed E-state index contributed by atoms with van der Waals surface area (Å²) in [6, 6.07) is 6.50. The van der Waals surface area contributed by atoms with Gasteiger partial charge in [-0.15, -0.1) is 0 Å². The molecule has 3 amide bonds. The van der Waals surface area contributed by atoms with E-state index in [0.717, 1.165) is 16.3 Å². The van der Waals surface area contributed by atoms with Crippen molar-refractivity contribution in [3.63, 3.8) is 0 Å². The minimum Gasteiger partial charge on any atom is -0.383 e. The maximum atomic E-state index is 13.2. The van der Waals surface area contributed by atoms with Gasteiger partial charge in [0.25, 0.3) is 5.91 Å². The fourth-order valence-corrected chi connectivity index (χ4v) is 4.10. The SMILES string of the molecule is COCC(C)n1c(C)cc(C(=O)CN2C(=O)NC(C)(c3ccc(F)cc3)C2=O)c1C. The number of benzene rings is 1. The van der Waals surface area contributed by atoms with Crippen LogP contribution in [0.2, 0.25) is 0 Å². The molecule has 0 aliphatic carbocycles. The van der Waals surface area contributed by atoms with E-state index >= 15 is 0 Å². The molecule has 0 spiro atoms. The fourth-order valence-electron chi connectivity index (χ4n) is 4.10. The number of urea groups is 1. The maximum Gasteiger partial charge on any atom is 0.325 e. The molecule has 160 valence electrons. The molecule has 1 fully saturated rings. The molecule has 0 bridgehead atoms. The zero-order valence-electron chi connectivity index (χ0n) is 17.8. The molecule has 2 heterocycles. The van der Waals surface area contributed by atoms with Crippen LogP contribution in [0.4, 0.5) is 9.18 Å². The van der Waals surface area contributed by atoms with Gasteiger partial charge < -0.3 is 14.6 Å². The molecule has 1 N–H and O–H groups in total. The lowest BCUT2D eigenvalue weighted by Crippen LogP contribution is -2.41. The molecule has 1 aromatic heterocycles. The lowest BCUT2D eigenvalue weighted by atomic mass is 9.92. The van der Waals surface area contributed by atoms with Crippen LogP contribution >= 0.6 is 0 Å². The summed E-state index contributed by atoms with van der Waals surface area (Å²) in [6.45, 7) is 7.39. The van der Waals surface area contributed by atoms with Gasteiger partial charge in [-0.05, 0) is 51.5 Å². The quantitative estimate of drug-likeness (QED) is 0.557. The number of imide groups is 1. The normalized spacial score (nSPS) is 19.9. The standard InChI is InChI=1S/C22H26FN3O4/c1-13-10-18(15(3)26(13)14(2)12-30-5)19(27)11-25-20(28)22(4,24-21(25)29)16-6-8-17(23)9-7-16/h6-10,14H,11-12H2,1-5H3,(H,24,29). The highest BCUT2D eigenvalue weighted by Crippen LogP contribution is 2.29. The Morgan fingerprint density at radius 2 is 1.87 bits per heavy atom. The van der Waals surface area contributed by atoms with E-state index in [4.69, 9.17) is 4.74 Å². The van der Waals surface area contributed by atoms with E-state index in [9.17, 15) is 18.8 Å². The fraction of sp³-hybridized carbons (Fsp3) is 0.409. The number of amides is 3. The smallest absolute Gasteiger partial charge is 0.325 e. The lowest BCUT2D eigenvalue weighted by Gasteiger charge is -2.22. The van der Waals surface area contributed by atoms with Crippen LogP contribution in [0.25, 0.3) is 0 Å². The summed E-state index contributed by atoms with van der Waals surface area (Å²) in [5.74, 6) is -1.32. The second-order valence-corrected chi connectivity index (χ2v) is 7.84. The van der Waals surface area contributed by atoms with Crippen LogP contribution in [-0.4, -0.2) is 47.4 Å². The molecule has 1 aliphatic heterocycles. The summed E-state index contributed by atoms with van der Waals surface area (Å²) in [5, 5.41) is 2.63. The van der Waals surface area contributed by atoms with Gasteiger partial charge in [-0.3, -0.25) is 14.5 Å². The van der Waals surface area contributed by atoms with Crippen LogP contribution in [0.15, 0.2) is 30.3 Å². The van der Waals surface area contributed by atoms with Gasteiger partial charge in [-0.1, -0.05) is 12.1 Å². The third kappa shape index (κ3) is 3.63. The van der Waals surface area contributed by atoms with Crippen molar-refractivity contribution in [3.05, 3.63) is 58.7 Å². The van der Waals surface area contributed by atoms with E-state index in [1.165, 1.54) is 24.3 Å². The Bertz CT molecular complexity index is 999. The molecule has 1 aromatic carbocycles. The van der Waals surface area contributed by atoms with E-state index in [1.54, 1.807) is 20.1 Å². The first-order chi connectivity index (χ1) is 14.1. The molecule has 0 saturated carbocycles. The Morgan fingerprint density at radius 3 is 2.47 bits per heavy atom. The van der Waals surface area contributed by atoms with E-state index in [2.05, 4.69) is 5.32 Å². The molecule has 3 rings (SSSR count). The van der Waals surface area contributed by atoms with Gasteiger partial charge in [0.15, 0.2) is 5.78 Å². The van der Waals surface area contributed by atoms with Crippen LogP contribution in [0.1, 0.15) is 47.2 Å². The number of ether oxygens (including phenoxy) is 1. The third-order valence-electron chi connectivity index (χ3n) is 5.63. The van der Waals surface area contributed by atoms with Gasteiger partial charge >= 0.3 is 6.03 Å². The highest BCUT2D eigenvalue weighted by molar-refractivity contribution is 6.11. The lowest BCUT2D eigenvalue weighted by molar-refractivity contribution is -0.130. The first-order valence-corrected chi connectivity index (χ1v) is 9.71. The van der Waals surface area contributed by atoms with Crippen LogP contribution in [0.5, 0.6) is 0 Å². The van der Waals surface area contributed by atoms with Crippen LogP contribution in [0, 0.1) is 19.7 Å². The van der Waals surface area contributed by atoms with Crippen LogP contribution < -0.4 is 5.32 Å². The number of halogens is 1. The third-order valence-corrected chi connectivity index (χ3v) is 5.63. The molecule has 7 nitrogen and oxygen atoms in total. The monoisotopic (exact) mass is 415 g/mol. The maximum absolute atomic E-state index is 13.2. The van der Waals surface area contributed by atoms with Crippen LogP contribution in [0.3, 0.4) is 0 Å². The summed E-state index contributed by atoms with van der Waals surface area (Å²) < 4.78 is 20.5.